The molecule has 4 N–H and O–H groups in total. The molecule has 6 rings (SSSR count). The Morgan fingerprint density at radius 3 is 2.39 bits per heavy atom. The summed E-state index contributed by atoms with van der Waals surface area (Å²) >= 11 is 6.32. The Morgan fingerprint density at radius 2 is 1.76 bits per heavy atom. The van der Waals surface area contributed by atoms with Gasteiger partial charge in [0.25, 0.3) is 5.91 Å². The van der Waals surface area contributed by atoms with Crippen molar-refractivity contribution in [3.8, 4) is 0 Å². The zero-order valence-electron chi connectivity index (χ0n) is 25.5. The lowest BCUT2D eigenvalue weighted by atomic mass is 9.83. The monoisotopic (exact) mass is 697 g/mol. The Labute approximate surface area is 280 Å². The smallest absolute Gasteiger partial charge is 0.410 e. The topological polar surface area (TPSA) is 168 Å². The predicted molar refractivity (Wildman–Crippen MR) is 172 cm³/mol. The quantitative estimate of drug-likeness (QED) is 0.331. The van der Waals surface area contributed by atoms with Crippen LogP contribution in [-0.2, 0) is 42.2 Å². The summed E-state index contributed by atoms with van der Waals surface area (Å²) in [5, 5.41) is 2.86. The number of nitrogens with zero attached hydrogens (tertiary/aromatic N) is 2. The van der Waals surface area contributed by atoms with Crippen molar-refractivity contribution < 1.29 is 32.3 Å². The van der Waals surface area contributed by atoms with Crippen molar-refractivity contribution in [2.75, 3.05) is 6.54 Å². The van der Waals surface area contributed by atoms with E-state index in [4.69, 9.17) is 22.1 Å². The minimum Gasteiger partial charge on any atom is -0.444 e. The van der Waals surface area contributed by atoms with Crippen LogP contribution in [0, 0.1) is 5.92 Å². The highest BCUT2D eigenvalue weighted by atomic mass is 35.5. The van der Waals surface area contributed by atoms with Gasteiger partial charge in [0.05, 0.1) is 29.9 Å². The van der Waals surface area contributed by atoms with Crippen LogP contribution >= 0.6 is 24.0 Å². The number of carbonyl (C=O) groups excluding carboxylic acids is 4. The third kappa shape index (κ3) is 7.02. The van der Waals surface area contributed by atoms with Gasteiger partial charge < -0.3 is 20.7 Å². The van der Waals surface area contributed by atoms with Gasteiger partial charge in [0.1, 0.15) is 12.1 Å². The summed E-state index contributed by atoms with van der Waals surface area (Å²) in [7, 11) is -3.79. The standard InChI is InChI=1S/C31H40ClN5O7S.ClH/c1-18(27(38)35-45(42,43)22-10-11-22)31(12-13-31)34-28(39)25-14-21(16-37(25)29(40)26(33)19-6-3-2-4-7-19)44-30(41)36-15-20-8-5-9-24(32)23(20)17-36;/h5,8-9,19,21-22,25-26H,1-4,6-7,10-17,33H2,(H,34,39)(H,35,38);1H/t21-,25+,26+;/m1./s1. The summed E-state index contributed by atoms with van der Waals surface area (Å²) in [6.45, 7) is 4.45. The molecule has 5 aliphatic rings. The van der Waals surface area contributed by atoms with Crippen molar-refractivity contribution in [1.82, 2.24) is 19.8 Å². The lowest BCUT2D eigenvalue weighted by Gasteiger charge is -2.32. The SMILES string of the molecule is C=C(C(=O)NS(=O)(=O)C1CC1)C1(NC(=O)[C@@H]2C[C@@H](OC(=O)N3Cc4cccc(Cl)c4C3)CN2C(=O)[C@@H](N)C2CCCCC2)CC1.Cl. The maximum Gasteiger partial charge on any atom is 0.410 e. The van der Waals surface area contributed by atoms with Gasteiger partial charge >= 0.3 is 6.09 Å². The maximum atomic E-state index is 13.8. The van der Waals surface area contributed by atoms with Gasteiger partial charge in [-0.05, 0) is 61.6 Å². The third-order valence-electron chi connectivity index (χ3n) is 9.91. The molecule has 1 aromatic rings. The van der Waals surface area contributed by atoms with Gasteiger partial charge in [0.15, 0.2) is 0 Å². The Morgan fingerprint density at radius 1 is 1.07 bits per heavy atom. The molecule has 3 atom stereocenters. The lowest BCUT2D eigenvalue weighted by molar-refractivity contribution is -0.141. The number of hydrogen-bond acceptors (Lipinski definition) is 8. The summed E-state index contributed by atoms with van der Waals surface area (Å²) in [5.74, 6) is -1.76. The van der Waals surface area contributed by atoms with Crippen molar-refractivity contribution in [2.24, 2.45) is 11.7 Å². The average Bonchev–Trinajstić information content (AvgIpc) is 3.93. The first-order valence-electron chi connectivity index (χ1n) is 15.7. The molecule has 0 aromatic heterocycles. The summed E-state index contributed by atoms with van der Waals surface area (Å²) in [4.78, 5) is 56.6. The second kappa shape index (κ2) is 13.3. The van der Waals surface area contributed by atoms with Crippen LogP contribution in [0.3, 0.4) is 0 Å². The normalized spacial score (nSPS) is 24.3. The van der Waals surface area contributed by atoms with Gasteiger partial charge in [-0.15, -0.1) is 12.4 Å². The van der Waals surface area contributed by atoms with E-state index < -0.39 is 56.9 Å². The Bertz CT molecular complexity index is 1520. The van der Waals surface area contributed by atoms with Gasteiger partial charge in [0.2, 0.25) is 21.8 Å². The number of carbonyl (C=O) groups is 4. The van der Waals surface area contributed by atoms with Crippen LogP contribution in [0.4, 0.5) is 4.79 Å². The number of likely N-dealkylation sites (tertiary alicyclic amines) is 1. The molecule has 0 unspecified atom stereocenters. The molecule has 2 aliphatic heterocycles. The number of amides is 4. The Hall–Kier alpha value is -2.87. The first kappa shape index (κ1) is 34.5. The fourth-order valence-corrected chi connectivity index (χ4v) is 8.36. The van der Waals surface area contributed by atoms with Crippen molar-refractivity contribution in [3.63, 3.8) is 0 Å². The molecule has 3 saturated carbocycles. The number of rotatable bonds is 9. The second-order valence-electron chi connectivity index (χ2n) is 13.1. The molecule has 0 spiro atoms. The van der Waals surface area contributed by atoms with E-state index in [1.54, 1.807) is 6.07 Å². The van der Waals surface area contributed by atoms with E-state index in [1.807, 2.05) is 12.1 Å². The molecule has 0 radical (unpaired) electrons. The van der Waals surface area contributed by atoms with E-state index in [2.05, 4.69) is 16.6 Å². The molecular formula is C31H41Cl2N5O7S. The second-order valence-corrected chi connectivity index (χ2v) is 15.5. The molecule has 0 bridgehead atoms. The fraction of sp³-hybridized carbons (Fsp3) is 0.613. The van der Waals surface area contributed by atoms with Crippen molar-refractivity contribution in [2.45, 2.75) is 106 Å². The zero-order chi connectivity index (χ0) is 32.1. The van der Waals surface area contributed by atoms with Gasteiger partial charge in [-0.25, -0.2) is 17.9 Å². The fourth-order valence-electron chi connectivity index (χ4n) is 6.80. The van der Waals surface area contributed by atoms with Crippen molar-refractivity contribution in [3.05, 3.63) is 46.5 Å². The van der Waals surface area contributed by atoms with E-state index in [0.29, 0.717) is 43.8 Å². The number of halogens is 2. The Kier molecular flexibility index (Phi) is 9.98. The molecule has 1 saturated heterocycles. The maximum absolute atomic E-state index is 13.8. The summed E-state index contributed by atoms with van der Waals surface area (Å²) in [6.07, 6.45) is 5.22. The number of nitrogens with one attached hydrogen (secondary N) is 2. The van der Waals surface area contributed by atoms with E-state index in [-0.39, 0.29) is 42.8 Å². The van der Waals surface area contributed by atoms with Gasteiger partial charge in [-0.2, -0.15) is 0 Å². The van der Waals surface area contributed by atoms with E-state index in [9.17, 15) is 27.6 Å². The number of ether oxygens (including phenoxy) is 1. The average molecular weight is 699 g/mol. The van der Waals surface area contributed by atoms with Crippen LogP contribution in [0.25, 0.3) is 0 Å². The molecule has 252 valence electrons. The predicted octanol–water partition coefficient (Wildman–Crippen LogP) is 2.90. The minimum absolute atomic E-state index is 0. The highest BCUT2D eigenvalue weighted by Gasteiger charge is 2.53. The molecule has 15 heteroatoms. The Balaban J connectivity index is 0.00000417. The van der Waals surface area contributed by atoms with Crippen LogP contribution in [0.5, 0.6) is 0 Å². The molecular weight excluding hydrogens is 657 g/mol. The number of hydrogen-bond donors (Lipinski definition) is 3. The lowest BCUT2D eigenvalue weighted by Crippen LogP contribution is -2.55. The number of sulfonamides is 1. The molecule has 4 fully saturated rings. The van der Waals surface area contributed by atoms with Crippen molar-refractivity contribution in [1.29, 1.82) is 0 Å². The number of nitrogens with two attached hydrogens (primary N) is 1. The first-order valence-corrected chi connectivity index (χ1v) is 17.7. The largest absolute Gasteiger partial charge is 0.444 e. The van der Waals surface area contributed by atoms with Crippen LogP contribution < -0.4 is 15.8 Å². The van der Waals surface area contributed by atoms with Gasteiger partial charge in [0, 0.05) is 23.6 Å². The molecule has 4 amide bonds. The summed E-state index contributed by atoms with van der Waals surface area (Å²) < 4.78 is 32.6. The highest BCUT2D eigenvalue weighted by Crippen LogP contribution is 2.42. The summed E-state index contributed by atoms with van der Waals surface area (Å²) in [5.41, 5.74) is 7.11. The molecule has 3 aliphatic carbocycles. The van der Waals surface area contributed by atoms with Gasteiger partial charge in [-0.3, -0.25) is 19.3 Å². The number of benzene rings is 1. The first-order chi connectivity index (χ1) is 21.4. The molecule has 46 heavy (non-hydrogen) atoms. The molecule has 2 heterocycles. The zero-order valence-corrected chi connectivity index (χ0v) is 27.9. The highest BCUT2D eigenvalue weighted by molar-refractivity contribution is 7.91. The van der Waals surface area contributed by atoms with Crippen LogP contribution in [0.2, 0.25) is 5.02 Å². The third-order valence-corrected chi connectivity index (χ3v) is 12.1. The van der Waals surface area contributed by atoms with Crippen LogP contribution in [0.1, 0.15) is 75.3 Å². The minimum atomic E-state index is -3.79. The summed E-state index contributed by atoms with van der Waals surface area (Å²) in [6, 6.07) is 3.70. The van der Waals surface area contributed by atoms with E-state index in [1.165, 1.54) is 9.80 Å². The molecule has 1 aromatic carbocycles. The number of fused-ring (bicyclic) bond motifs is 1. The van der Waals surface area contributed by atoms with E-state index >= 15 is 0 Å². The van der Waals surface area contributed by atoms with Crippen molar-refractivity contribution >= 4 is 57.8 Å². The molecule has 12 nitrogen and oxygen atoms in total. The van der Waals surface area contributed by atoms with Crippen LogP contribution in [0.15, 0.2) is 30.4 Å². The van der Waals surface area contributed by atoms with Gasteiger partial charge in [-0.1, -0.05) is 49.6 Å². The van der Waals surface area contributed by atoms with E-state index in [0.717, 1.165) is 43.2 Å². The van der Waals surface area contributed by atoms with Crippen LogP contribution in [-0.4, -0.2) is 77.6 Å².